The van der Waals surface area contributed by atoms with Crippen molar-refractivity contribution in [2.24, 2.45) is 0 Å². The molecule has 4 rings (SSSR count). The molecule has 0 aliphatic heterocycles. The van der Waals surface area contributed by atoms with Crippen molar-refractivity contribution in [1.29, 1.82) is 5.26 Å². The lowest BCUT2D eigenvalue weighted by Gasteiger charge is -2.24. The number of hydrogen-bond donors (Lipinski definition) is 1. The van der Waals surface area contributed by atoms with E-state index in [-0.39, 0.29) is 22.9 Å². The van der Waals surface area contributed by atoms with Crippen molar-refractivity contribution >= 4 is 16.0 Å². The molecule has 0 spiro atoms. The summed E-state index contributed by atoms with van der Waals surface area (Å²) < 4.78 is 62.7. The Labute approximate surface area is 231 Å². The maximum atomic E-state index is 14.8. The van der Waals surface area contributed by atoms with E-state index in [1.165, 1.54) is 45.0 Å². The van der Waals surface area contributed by atoms with Crippen molar-refractivity contribution in [1.82, 2.24) is 19.7 Å². The predicted molar refractivity (Wildman–Crippen MR) is 145 cm³/mol. The first-order chi connectivity index (χ1) is 19.1. The third kappa shape index (κ3) is 5.45. The summed E-state index contributed by atoms with van der Waals surface area (Å²) in [4.78, 5) is 4.23. The Morgan fingerprint density at radius 1 is 1.05 bits per heavy atom. The second-order valence-electron chi connectivity index (χ2n) is 8.80. The molecule has 0 amide bonds. The number of rotatable bonds is 10. The number of aryl methyl sites for hydroxylation is 1. The van der Waals surface area contributed by atoms with Gasteiger partial charge in [-0.15, -0.1) is 10.2 Å². The molecule has 1 N–H and O–H groups in total. The van der Waals surface area contributed by atoms with Crippen LogP contribution in [0.5, 0.6) is 11.5 Å². The van der Waals surface area contributed by atoms with E-state index in [1.807, 2.05) is 19.1 Å². The van der Waals surface area contributed by atoms with Crippen LogP contribution >= 0.6 is 0 Å². The molecule has 2 atom stereocenters. The van der Waals surface area contributed by atoms with Crippen molar-refractivity contribution in [2.45, 2.75) is 25.2 Å². The van der Waals surface area contributed by atoms with E-state index in [2.05, 4.69) is 19.9 Å². The first-order valence-electron chi connectivity index (χ1n) is 12.0. The Bertz CT molecular complexity index is 1660. The minimum absolute atomic E-state index is 0.0150. The summed E-state index contributed by atoms with van der Waals surface area (Å²) >= 11 is 0. The standard InChI is InChI=1S/C27H27FN6O5S/c1-16-11-19(15-30-14-16)26-31-32-27(34(26)24-22(37-3)7-6-8-23(24)38-4)33-40(35,36)17(2)25(39-5)20-10-9-18(13-29)12-21(20)28/h6-12,14-15,17,25H,1-5H3,(H,32,33)/t17-,25-/m0/s1. The van der Waals surface area contributed by atoms with Gasteiger partial charge in [0.1, 0.15) is 34.4 Å². The molecule has 2 heterocycles. The Morgan fingerprint density at radius 2 is 1.75 bits per heavy atom. The van der Waals surface area contributed by atoms with Gasteiger partial charge in [-0.2, -0.15) is 5.26 Å². The number of pyridine rings is 1. The number of aromatic nitrogens is 4. The lowest BCUT2D eigenvalue weighted by atomic mass is 10.0. The van der Waals surface area contributed by atoms with Crippen LogP contribution < -0.4 is 14.2 Å². The van der Waals surface area contributed by atoms with Gasteiger partial charge >= 0.3 is 0 Å². The van der Waals surface area contributed by atoms with Crippen LogP contribution in [0.2, 0.25) is 0 Å². The molecule has 0 unspecified atom stereocenters. The zero-order chi connectivity index (χ0) is 29.0. The second-order valence-corrected chi connectivity index (χ2v) is 10.8. The summed E-state index contributed by atoms with van der Waals surface area (Å²) in [6.45, 7) is 3.24. The SMILES string of the molecule is COc1cccc(OC)c1-n1c(NS(=O)(=O)[C@@H](C)[C@H](OC)c2ccc(C#N)cc2F)nnc1-c1cncc(C)c1. The number of methoxy groups -OCH3 is 3. The van der Waals surface area contributed by atoms with Crippen LogP contribution in [0.15, 0.2) is 54.9 Å². The lowest BCUT2D eigenvalue weighted by molar-refractivity contribution is 0.0992. The summed E-state index contributed by atoms with van der Waals surface area (Å²) in [5.74, 6) is 0.0732. The fourth-order valence-corrected chi connectivity index (χ4v) is 5.42. The van der Waals surface area contributed by atoms with Crippen molar-refractivity contribution in [3.05, 3.63) is 77.4 Å². The largest absolute Gasteiger partial charge is 0.494 e. The maximum absolute atomic E-state index is 14.8. The highest BCUT2D eigenvalue weighted by Gasteiger charge is 2.35. The van der Waals surface area contributed by atoms with Gasteiger partial charge in [0.15, 0.2) is 5.82 Å². The third-order valence-electron chi connectivity index (χ3n) is 6.26. The number of para-hydroxylation sites is 1. The molecule has 0 aliphatic carbocycles. The minimum Gasteiger partial charge on any atom is -0.494 e. The number of anilines is 1. The summed E-state index contributed by atoms with van der Waals surface area (Å²) in [5, 5.41) is 16.2. The molecule has 208 valence electrons. The Balaban J connectivity index is 1.84. The average Bonchev–Trinajstić information content (AvgIpc) is 3.35. The molecule has 0 fully saturated rings. The highest BCUT2D eigenvalue weighted by molar-refractivity contribution is 7.93. The van der Waals surface area contributed by atoms with E-state index >= 15 is 0 Å². The van der Waals surface area contributed by atoms with Crippen molar-refractivity contribution < 1.29 is 27.0 Å². The molecule has 4 aromatic rings. The summed E-state index contributed by atoms with van der Waals surface area (Å²) in [6, 6.07) is 12.5. The van der Waals surface area contributed by atoms with E-state index in [0.717, 1.165) is 11.6 Å². The summed E-state index contributed by atoms with van der Waals surface area (Å²) in [5.41, 5.74) is 1.84. The predicted octanol–water partition coefficient (Wildman–Crippen LogP) is 4.18. The maximum Gasteiger partial charge on any atom is 0.243 e. The number of nitrogens with zero attached hydrogens (tertiary/aromatic N) is 5. The molecule has 11 nitrogen and oxygen atoms in total. The first-order valence-corrected chi connectivity index (χ1v) is 13.5. The van der Waals surface area contributed by atoms with Crippen LogP contribution in [0.4, 0.5) is 10.3 Å². The van der Waals surface area contributed by atoms with Gasteiger partial charge in [-0.3, -0.25) is 14.3 Å². The normalized spacial score (nSPS) is 12.8. The molecule has 0 bridgehead atoms. The molecular weight excluding hydrogens is 539 g/mol. The van der Waals surface area contributed by atoms with Gasteiger partial charge in [-0.05, 0) is 49.7 Å². The fraction of sp³-hybridized carbons (Fsp3) is 0.259. The van der Waals surface area contributed by atoms with Gasteiger partial charge in [-0.1, -0.05) is 12.1 Å². The van der Waals surface area contributed by atoms with E-state index in [1.54, 1.807) is 30.6 Å². The van der Waals surface area contributed by atoms with E-state index < -0.39 is 27.2 Å². The fourth-order valence-electron chi connectivity index (χ4n) is 4.26. The van der Waals surface area contributed by atoms with E-state index in [4.69, 9.17) is 19.5 Å². The van der Waals surface area contributed by atoms with Crippen LogP contribution in [-0.2, 0) is 14.8 Å². The quantitative estimate of drug-likeness (QED) is 0.299. The van der Waals surface area contributed by atoms with Gasteiger partial charge in [0.05, 0.1) is 25.9 Å². The zero-order valence-corrected chi connectivity index (χ0v) is 23.2. The highest BCUT2D eigenvalue weighted by Crippen LogP contribution is 2.38. The number of sulfonamides is 1. The number of ether oxygens (including phenoxy) is 3. The monoisotopic (exact) mass is 566 g/mol. The Kier molecular flexibility index (Phi) is 8.32. The summed E-state index contributed by atoms with van der Waals surface area (Å²) in [7, 11) is -0.0620. The molecular formula is C27H27FN6O5S. The van der Waals surface area contributed by atoms with E-state index in [0.29, 0.717) is 22.7 Å². The second kappa shape index (κ2) is 11.7. The van der Waals surface area contributed by atoms with Gasteiger partial charge in [0, 0.05) is 30.6 Å². The average molecular weight is 567 g/mol. The van der Waals surface area contributed by atoms with Crippen LogP contribution in [0.1, 0.15) is 29.7 Å². The molecule has 0 aliphatic rings. The summed E-state index contributed by atoms with van der Waals surface area (Å²) in [6.07, 6.45) is 2.04. The van der Waals surface area contributed by atoms with Gasteiger partial charge in [0.25, 0.3) is 0 Å². The van der Waals surface area contributed by atoms with E-state index in [9.17, 15) is 12.8 Å². The molecule has 0 saturated heterocycles. The van der Waals surface area contributed by atoms with Gasteiger partial charge in [-0.25, -0.2) is 12.8 Å². The van der Waals surface area contributed by atoms with Gasteiger partial charge < -0.3 is 14.2 Å². The third-order valence-corrected chi connectivity index (χ3v) is 7.95. The lowest BCUT2D eigenvalue weighted by Crippen LogP contribution is -2.33. The van der Waals surface area contributed by atoms with Crippen molar-refractivity contribution in [3.63, 3.8) is 0 Å². The van der Waals surface area contributed by atoms with Crippen molar-refractivity contribution in [2.75, 3.05) is 26.1 Å². The Morgan fingerprint density at radius 3 is 2.33 bits per heavy atom. The number of halogens is 1. The molecule has 2 aromatic carbocycles. The number of benzene rings is 2. The number of nitriles is 1. The smallest absolute Gasteiger partial charge is 0.243 e. The molecule has 13 heteroatoms. The Hall–Kier alpha value is -4.54. The number of hydrogen-bond acceptors (Lipinski definition) is 9. The first kappa shape index (κ1) is 28.5. The molecule has 0 radical (unpaired) electrons. The van der Waals surface area contributed by atoms with Crippen LogP contribution in [0.25, 0.3) is 17.1 Å². The molecule has 40 heavy (non-hydrogen) atoms. The van der Waals surface area contributed by atoms with Crippen LogP contribution in [0.3, 0.4) is 0 Å². The van der Waals surface area contributed by atoms with Crippen molar-refractivity contribution in [3.8, 4) is 34.6 Å². The highest BCUT2D eigenvalue weighted by atomic mass is 32.2. The molecule has 2 aromatic heterocycles. The van der Waals surface area contributed by atoms with Gasteiger partial charge in [0.2, 0.25) is 16.0 Å². The molecule has 0 saturated carbocycles. The zero-order valence-electron chi connectivity index (χ0n) is 22.4. The van der Waals surface area contributed by atoms with Crippen LogP contribution in [0, 0.1) is 24.1 Å². The number of nitrogens with one attached hydrogen (secondary N) is 1. The minimum atomic E-state index is -4.28. The topological polar surface area (TPSA) is 141 Å². The van der Waals surface area contributed by atoms with Crippen LogP contribution in [-0.4, -0.2) is 54.7 Å².